The van der Waals surface area contributed by atoms with Crippen LogP contribution in [-0.4, -0.2) is 67.8 Å². The topological polar surface area (TPSA) is 9.72 Å². The van der Waals surface area contributed by atoms with Gasteiger partial charge >= 0.3 is 126 Å². The van der Waals surface area contributed by atoms with Crippen molar-refractivity contribution in [2.45, 2.75) is 48.5 Å². The molecule has 0 saturated heterocycles. The molecule has 4 heteroatoms. The normalized spacial score (nSPS) is 12.1. The van der Waals surface area contributed by atoms with Crippen LogP contribution in [0.1, 0.15) is 48.5 Å². The monoisotopic (exact) mass is 375 g/mol. The molecule has 0 rings (SSSR count). The molecule has 0 atom stereocenters. The van der Waals surface area contributed by atoms with Gasteiger partial charge in [-0.2, -0.15) is 0 Å². The molecule has 0 spiro atoms. The first-order valence-electron chi connectivity index (χ1n) is 7.81. The van der Waals surface area contributed by atoms with Crippen molar-refractivity contribution in [1.82, 2.24) is 9.36 Å². The summed E-state index contributed by atoms with van der Waals surface area (Å²) in [4.78, 5) is 0. The van der Waals surface area contributed by atoms with Crippen LogP contribution in [-0.2, 0) is 0 Å². The number of nitrogens with zero attached hydrogens (tertiary/aromatic N) is 3. The predicted molar refractivity (Wildman–Crippen MR) is 88.0 cm³/mol. The minimum absolute atomic E-state index is 1.11. The second-order valence-electron chi connectivity index (χ2n) is 4.53. The number of hydrogen-bond acceptors (Lipinski definition) is 3. The molecule has 0 aliphatic heterocycles. The molecule has 0 aromatic heterocycles. The molecule has 0 heterocycles. The van der Waals surface area contributed by atoms with Gasteiger partial charge in [0.05, 0.1) is 0 Å². The zero-order chi connectivity index (χ0) is 14.9. The van der Waals surface area contributed by atoms with E-state index in [0.717, 1.165) is 39.3 Å². The molecule has 0 unspecified atom stereocenters. The molecule has 19 heavy (non-hydrogen) atoms. The van der Waals surface area contributed by atoms with E-state index >= 15 is 0 Å². The zero-order valence-corrected chi connectivity index (χ0v) is 16.9. The first-order valence-corrected chi connectivity index (χ1v) is 13.1. The second-order valence-corrected chi connectivity index (χ2v) is 14.3. The first kappa shape index (κ1) is 19.2. The second kappa shape index (κ2) is 10.0. The third-order valence-corrected chi connectivity index (χ3v) is 18.5. The van der Waals surface area contributed by atoms with Crippen LogP contribution in [0.4, 0.5) is 0 Å². The predicted octanol–water partition coefficient (Wildman–Crippen LogP) is 2.51. The first-order chi connectivity index (χ1) is 9.12. The molecule has 0 bridgehead atoms. The summed E-state index contributed by atoms with van der Waals surface area (Å²) in [5, 5.41) is 0. The molecule has 0 amide bonds. The SMILES string of the molecule is CC#[C][Sn]([N](CC)CC)([N](CC)CC)[N](CC)CC. The average Bonchev–Trinajstić information content (AvgIpc) is 2.42. The van der Waals surface area contributed by atoms with Crippen molar-refractivity contribution < 1.29 is 0 Å². The summed E-state index contributed by atoms with van der Waals surface area (Å²) in [5.41, 5.74) is 0. The van der Waals surface area contributed by atoms with Crippen LogP contribution in [0.2, 0.25) is 0 Å². The van der Waals surface area contributed by atoms with Gasteiger partial charge in [-0.3, -0.25) is 0 Å². The Kier molecular flexibility index (Phi) is 10.2. The van der Waals surface area contributed by atoms with Crippen LogP contribution in [0, 0.1) is 9.86 Å². The minimum atomic E-state index is -2.96. The van der Waals surface area contributed by atoms with Crippen molar-refractivity contribution in [2.75, 3.05) is 39.3 Å². The van der Waals surface area contributed by atoms with Crippen molar-refractivity contribution in [1.29, 1.82) is 0 Å². The van der Waals surface area contributed by atoms with Crippen LogP contribution < -0.4 is 0 Å². The quantitative estimate of drug-likeness (QED) is 0.454. The number of hydrogen-bond donors (Lipinski definition) is 0. The zero-order valence-electron chi connectivity index (χ0n) is 14.1. The molecule has 0 aromatic carbocycles. The summed E-state index contributed by atoms with van der Waals surface area (Å²) >= 11 is -2.96. The Labute approximate surface area is 126 Å². The molecular weight excluding hydrogens is 341 g/mol. The molecular formula is C15H33N3Sn. The summed E-state index contributed by atoms with van der Waals surface area (Å²) in [7, 11) is 0. The van der Waals surface area contributed by atoms with Gasteiger partial charge in [-0.15, -0.1) is 0 Å². The van der Waals surface area contributed by atoms with Crippen LogP contribution in [0.25, 0.3) is 0 Å². The fourth-order valence-electron chi connectivity index (χ4n) is 3.00. The maximum absolute atomic E-state index is 3.74. The van der Waals surface area contributed by atoms with E-state index in [0.29, 0.717) is 0 Å². The van der Waals surface area contributed by atoms with Gasteiger partial charge in [0.15, 0.2) is 0 Å². The molecule has 0 N–H and O–H groups in total. The standard InChI is InChI=1S/3C4H10N.C3H3.Sn/c3*1-3-5-4-2;1-3-2;/h3*3-4H2,1-2H3;1H3;/q3*-1;;+3. The van der Waals surface area contributed by atoms with Crippen LogP contribution >= 0.6 is 0 Å². The van der Waals surface area contributed by atoms with Crippen molar-refractivity contribution in [3.63, 3.8) is 0 Å². The van der Waals surface area contributed by atoms with Gasteiger partial charge in [0.1, 0.15) is 0 Å². The van der Waals surface area contributed by atoms with Crippen molar-refractivity contribution in [3.8, 4) is 9.86 Å². The summed E-state index contributed by atoms with van der Waals surface area (Å²) < 4.78 is 11.8. The molecule has 3 nitrogen and oxygen atoms in total. The Morgan fingerprint density at radius 1 is 0.632 bits per heavy atom. The fraction of sp³-hybridized carbons (Fsp3) is 0.867. The molecule has 0 aromatic rings. The summed E-state index contributed by atoms with van der Waals surface area (Å²) in [6.07, 6.45) is 0. The third-order valence-electron chi connectivity index (χ3n) is 3.91. The van der Waals surface area contributed by atoms with Gasteiger partial charge in [-0.25, -0.2) is 0 Å². The average molecular weight is 374 g/mol. The van der Waals surface area contributed by atoms with Crippen LogP contribution in [0.15, 0.2) is 0 Å². The van der Waals surface area contributed by atoms with E-state index in [1.54, 1.807) is 0 Å². The van der Waals surface area contributed by atoms with Gasteiger partial charge < -0.3 is 0 Å². The van der Waals surface area contributed by atoms with E-state index < -0.39 is 19.2 Å². The van der Waals surface area contributed by atoms with Crippen molar-refractivity contribution in [3.05, 3.63) is 0 Å². The Bertz CT molecular complexity index is 252. The van der Waals surface area contributed by atoms with E-state index in [-0.39, 0.29) is 0 Å². The molecule has 112 valence electrons. The van der Waals surface area contributed by atoms with Gasteiger partial charge in [-0.05, 0) is 0 Å². The molecule has 0 saturated carbocycles. The van der Waals surface area contributed by atoms with Crippen LogP contribution in [0.3, 0.4) is 0 Å². The Hall–Kier alpha value is 0.239. The Morgan fingerprint density at radius 3 is 1.05 bits per heavy atom. The summed E-state index contributed by atoms with van der Waals surface area (Å²) in [6, 6.07) is 0. The number of rotatable bonds is 9. The summed E-state index contributed by atoms with van der Waals surface area (Å²) in [5.74, 6) is 3.27. The summed E-state index contributed by atoms with van der Waals surface area (Å²) in [6.45, 7) is 22.3. The molecule has 0 aliphatic rings. The third kappa shape index (κ3) is 4.10. The van der Waals surface area contributed by atoms with E-state index in [1.165, 1.54) is 0 Å². The van der Waals surface area contributed by atoms with E-state index in [2.05, 4.69) is 60.8 Å². The Balaban J connectivity index is 5.89. The molecule has 0 radical (unpaired) electrons. The maximum atomic E-state index is 3.74. The molecule has 0 aliphatic carbocycles. The van der Waals surface area contributed by atoms with E-state index in [4.69, 9.17) is 0 Å². The van der Waals surface area contributed by atoms with Gasteiger partial charge in [0, 0.05) is 0 Å². The molecule has 0 fully saturated rings. The van der Waals surface area contributed by atoms with Gasteiger partial charge in [-0.1, -0.05) is 0 Å². The van der Waals surface area contributed by atoms with E-state index in [1.807, 2.05) is 6.92 Å². The van der Waals surface area contributed by atoms with Gasteiger partial charge in [0.25, 0.3) is 0 Å². The Morgan fingerprint density at radius 2 is 0.895 bits per heavy atom. The van der Waals surface area contributed by atoms with E-state index in [9.17, 15) is 0 Å². The van der Waals surface area contributed by atoms with Crippen LogP contribution in [0.5, 0.6) is 0 Å². The van der Waals surface area contributed by atoms with Gasteiger partial charge in [0.2, 0.25) is 0 Å². The fourth-order valence-corrected chi connectivity index (χ4v) is 16.3. The van der Waals surface area contributed by atoms with Crippen molar-refractivity contribution in [2.24, 2.45) is 0 Å². The van der Waals surface area contributed by atoms with Crippen molar-refractivity contribution >= 4 is 19.2 Å².